The Morgan fingerprint density at radius 2 is 1.79 bits per heavy atom. The summed E-state index contributed by atoms with van der Waals surface area (Å²) in [5, 5.41) is 0. The number of hydrogen-bond donors (Lipinski definition) is 0. The van der Waals surface area contributed by atoms with E-state index in [9.17, 15) is 4.79 Å². The van der Waals surface area contributed by atoms with Gasteiger partial charge in [-0.25, -0.2) is 0 Å². The van der Waals surface area contributed by atoms with Gasteiger partial charge >= 0.3 is 0 Å². The number of benzene rings is 1. The van der Waals surface area contributed by atoms with Gasteiger partial charge in [-0.2, -0.15) is 0 Å². The summed E-state index contributed by atoms with van der Waals surface area (Å²) < 4.78 is 1.14. The number of ketones is 1. The molecule has 1 aromatic carbocycles. The average Bonchev–Trinajstić information content (AvgIpc) is 2.10. The van der Waals surface area contributed by atoms with Crippen LogP contribution in [0.3, 0.4) is 0 Å². The zero-order valence-corrected chi connectivity index (χ0v) is 10.2. The van der Waals surface area contributed by atoms with Gasteiger partial charge in [0.05, 0.1) is 0 Å². The van der Waals surface area contributed by atoms with Crippen molar-refractivity contribution in [1.29, 1.82) is 0 Å². The quantitative estimate of drug-likeness (QED) is 0.735. The molecule has 0 unspecified atom stereocenters. The van der Waals surface area contributed by atoms with Crippen molar-refractivity contribution in [2.75, 3.05) is 0 Å². The van der Waals surface area contributed by atoms with Gasteiger partial charge < -0.3 is 0 Å². The van der Waals surface area contributed by atoms with Crippen molar-refractivity contribution < 1.29 is 4.79 Å². The van der Waals surface area contributed by atoms with E-state index in [1.54, 1.807) is 13.0 Å². The largest absolute Gasteiger partial charge is 0.295 e. The van der Waals surface area contributed by atoms with Gasteiger partial charge in [-0.15, -0.1) is 0 Å². The number of aryl methyl sites for hydroxylation is 2. The van der Waals surface area contributed by atoms with Crippen molar-refractivity contribution in [3.63, 3.8) is 0 Å². The third-order valence-electron chi connectivity index (χ3n) is 1.97. The van der Waals surface area contributed by atoms with Crippen molar-refractivity contribution in [3.05, 3.63) is 39.4 Å². The summed E-state index contributed by atoms with van der Waals surface area (Å²) in [5.74, 6) is 0.0724. The van der Waals surface area contributed by atoms with E-state index in [0.717, 1.165) is 10.0 Å². The maximum absolute atomic E-state index is 10.8. The molecule has 74 valence electrons. The molecule has 0 saturated carbocycles. The predicted octanol–water partition coefficient (Wildman–Crippen LogP) is 3.67. The first-order valence-corrected chi connectivity index (χ1v) is 5.25. The maximum Gasteiger partial charge on any atom is 0.152 e. The molecule has 1 aromatic rings. The van der Waals surface area contributed by atoms with Crippen LogP contribution in [-0.2, 0) is 4.79 Å². The van der Waals surface area contributed by atoms with Gasteiger partial charge in [0.15, 0.2) is 5.78 Å². The molecule has 14 heavy (non-hydrogen) atoms. The Morgan fingerprint density at radius 3 is 2.21 bits per heavy atom. The number of hydrogen-bond acceptors (Lipinski definition) is 1. The summed E-state index contributed by atoms with van der Waals surface area (Å²) in [5.41, 5.74) is 3.44. The van der Waals surface area contributed by atoms with Gasteiger partial charge in [-0.05, 0) is 43.5 Å². The molecule has 0 bridgehead atoms. The van der Waals surface area contributed by atoms with Gasteiger partial charge in [0.2, 0.25) is 0 Å². The van der Waals surface area contributed by atoms with E-state index in [1.807, 2.05) is 19.9 Å². The lowest BCUT2D eigenvalue weighted by Gasteiger charge is -2.04. The Bertz CT molecular complexity index is 368. The average molecular weight is 253 g/mol. The smallest absolute Gasteiger partial charge is 0.152 e. The zero-order chi connectivity index (χ0) is 10.7. The van der Waals surface area contributed by atoms with Crippen molar-refractivity contribution in [1.82, 2.24) is 0 Å². The Kier molecular flexibility index (Phi) is 3.64. The summed E-state index contributed by atoms with van der Waals surface area (Å²) in [6.45, 7) is 5.64. The highest BCUT2D eigenvalue weighted by Gasteiger charge is 1.99. The van der Waals surface area contributed by atoms with Gasteiger partial charge in [-0.1, -0.05) is 34.1 Å². The summed E-state index contributed by atoms with van der Waals surface area (Å²) in [7, 11) is 0. The molecule has 0 spiro atoms. The first-order chi connectivity index (χ1) is 6.50. The Hall–Kier alpha value is -0.890. The van der Waals surface area contributed by atoms with Gasteiger partial charge in [0.25, 0.3) is 0 Å². The second kappa shape index (κ2) is 4.56. The SMILES string of the molecule is CC(=O)/C=C/c1cc(C)c(Br)c(C)c1. The van der Waals surface area contributed by atoms with Crippen molar-refractivity contribution >= 4 is 27.8 Å². The van der Waals surface area contributed by atoms with Crippen molar-refractivity contribution in [2.24, 2.45) is 0 Å². The number of halogens is 1. The van der Waals surface area contributed by atoms with Gasteiger partial charge in [0, 0.05) is 4.47 Å². The predicted molar refractivity (Wildman–Crippen MR) is 63.3 cm³/mol. The molecule has 0 atom stereocenters. The number of rotatable bonds is 2. The van der Waals surface area contributed by atoms with Crippen LogP contribution in [0.15, 0.2) is 22.7 Å². The molecule has 0 amide bonds. The molecule has 1 nitrogen and oxygen atoms in total. The van der Waals surface area contributed by atoms with E-state index < -0.39 is 0 Å². The summed E-state index contributed by atoms with van der Waals surface area (Å²) >= 11 is 3.50. The molecule has 0 aliphatic heterocycles. The molecule has 0 aliphatic carbocycles. The minimum atomic E-state index is 0.0724. The molecule has 0 fully saturated rings. The fourth-order valence-electron chi connectivity index (χ4n) is 1.29. The minimum Gasteiger partial charge on any atom is -0.295 e. The lowest BCUT2D eigenvalue weighted by molar-refractivity contribution is -0.112. The first-order valence-electron chi connectivity index (χ1n) is 4.46. The molecule has 1 rings (SSSR count). The van der Waals surface area contributed by atoms with Crippen LogP contribution in [0.4, 0.5) is 0 Å². The monoisotopic (exact) mass is 252 g/mol. The molecule has 0 aliphatic rings. The van der Waals surface area contributed by atoms with Crippen LogP contribution < -0.4 is 0 Å². The van der Waals surface area contributed by atoms with E-state index in [-0.39, 0.29) is 5.78 Å². The van der Waals surface area contributed by atoms with Crippen LogP contribution in [-0.4, -0.2) is 5.78 Å². The number of carbonyl (C=O) groups is 1. The van der Waals surface area contributed by atoms with Crippen LogP contribution in [0.5, 0.6) is 0 Å². The molecule has 0 saturated heterocycles. The van der Waals surface area contributed by atoms with Gasteiger partial charge in [0.1, 0.15) is 0 Å². The van der Waals surface area contributed by atoms with E-state index in [1.165, 1.54) is 11.1 Å². The fourth-order valence-corrected chi connectivity index (χ4v) is 1.52. The van der Waals surface area contributed by atoms with Crippen LogP contribution >= 0.6 is 15.9 Å². The third-order valence-corrected chi connectivity index (χ3v) is 3.22. The lowest BCUT2D eigenvalue weighted by Crippen LogP contribution is -1.85. The second-order valence-corrected chi connectivity index (χ2v) is 4.21. The van der Waals surface area contributed by atoms with Crippen molar-refractivity contribution in [3.8, 4) is 0 Å². The normalized spacial score (nSPS) is 10.9. The minimum absolute atomic E-state index is 0.0724. The van der Waals surface area contributed by atoms with E-state index >= 15 is 0 Å². The zero-order valence-electron chi connectivity index (χ0n) is 8.60. The third kappa shape index (κ3) is 2.81. The highest BCUT2D eigenvalue weighted by atomic mass is 79.9. The van der Waals surface area contributed by atoms with E-state index in [0.29, 0.717) is 0 Å². The molecular formula is C12H13BrO. The maximum atomic E-state index is 10.8. The Labute approximate surface area is 93.0 Å². The Morgan fingerprint density at radius 1 is 1.29 bits per heavy atom. The van der Waals surface area contributed by atoms with E-state index in [2.05, 4.69) is 28.1 Å². The molecule has 0 aromatic heterocycles. The topological polar surface area (TPSA) is 17.1 Å². The summed E-state index contributed by atoms with van der Waals surface area (Å²) in [6, 6.07) is 4.10. The molecule has 0 radical (unpaired) electrons. The molecule has 2 heteroatoms. The van der Waals surface area contributed by atoms with Crippen LogP contribution in [0.2, 0.25) is 0 Å². The Balaban J connectivity index is 3.07. The molecule has 0 heterocycles. The van der Waals surface area contributed by atoms with Gasteiger partial charge in [-0.3, -0.25) is 4.79 Å². The summed E-state index contributed by atoms with van der Waals surface area (Å²) in [6.07, 6.45) is 3.43. The van der Waals surface area contributed by atoms with Crippen LogP contribution in [0.25, 0.3) is 6.08 Å². The summed E-state index contributed by atoms with van der Waals surface area (Å²) in [4.78, 5) is 10.8. The highest BCUT2D eigenvalue weighted by molar-refractivity contribution is 9.10. The standard InChI is InChI=1S/C12H13BrO/c1-8-6-11(5-4-10(3)14)7-9(2)12(8)13/h4-7H,1-3H3/b5-4+. The highest BCUT2D eigenvalue weighted by Crippen LogP contribution is 2.22. The van der Waals surface area contributed by atoms with E-state index in [4.69, 9.17) is 0 Å². The fraction of sp³-hybridized carbons (Fsp3) is 0.250. The number of allylic oxidation sites excluding steroid dienone is 1. The first kappa shape index (κ1) is 11.2. The number of carbonyl (C=O) groups excluding carboxylic acids is 1. The van der Waals surface area contributed by atoms with Crippen LogP contribution in [0.1, 0.15) is 23.6 Å². The molecule has 0 N–H and O–H groups in total. The second-order valence-electron chi connectivity index (χ2n) is 3.41. The lowest BCUT2D eigenvalue weighted by atomic mass is 10.1. The van der Waals surface area contributed by atoms with Crippen molar-refractivity contribution in [2.45, 2.75) is 20.8 Å². The van der Waals surface area contributed by atoms with Crippen LogP contribution in [0, 0.1) is 13.8 Å². The molecular weight excluding hydrogens is 240 g/mol.